The lowest BCUT2D eigenvalue weighted by Crippen LogP contribution is -2.56. The molecular weight excluding hydrogens is 188 g/mol. The molecular formula is C11H16N4. The fraction of sp³-hybridized carbons (Fsp3) is 0.636. The number of rotatable bonds is 1. The van der Waals surface area contributed by atoms with Crippen molar-refractivity contribution in [2.45, 2.75) is 31.7 Å². The fourth-order valence-corrected chi connectivity index (χ4v) is 2.33. The van der Waals surface area contributed by atoms with E-state index in [9.17, 15) is 0 Å². The van der Waals surface area contributed by atoms with Gasteiger partial charge in [0.2, 0.25) is 0 Å². The number of anilines is 1. The monoisotopic (exact) mass is 204 g/mol. The van der Waals surface area contributed by atoms with Crippen molar-refractivity contribution in [2.75, 3.05) is 18.0 Å². The van der Waals surface area contributed by atoms with Crippen LogP contribution >= 0.6 is 0 Å². The third-order valence-electron chi connectivity index (χ3n) is 3.29. The second-order valence-corrected chi connectivity index (χ2v) is 4.55. The van der Waals surface area contributed by atoms with Crippen molar-refractivity contribution < 1.29 is 0 Å². The van der Waals surface area contributed by atoms with Crippen LogP contribution < -0.4 is 10.6 Å². The summed E-state index contributed by atoms with van der Waals surface area (Å²) >= 11 is 0. The molecule has 80 valence electrons. The number of nitrogens with two attached hydrogens (primary N) is 1. The Bertz CT molecular complexity index is 371. The second-order valence-electron chi connectivity index (χ2n) is 4.55. The molecule has 0 bridgehead atoms. The molecule has 0 radical (unpaired) electrons. The molecule has 15 heavy (non-hydrogen) atoms. The van der Waals surface area contributed by atoms with Crippen molar-refractivity contribution in [1.29, 1.82) is 0 Å². The first-order valence-electron chi connectivity index (χ1n) is 5.69. The molecule has 4 nitrogen and oxygen atoms in total. The highest BCUT2D eigenvalue weighted by atomic mass is 15.3. The van der Waals surface area contributed by atoms with Crippen molar-refractivity contribution >= 4 is 5.82 Å². The molecule has 4 heteroatoms. The zero-order chi connectivity index (χ0) is 10.3. The minimum absolute atomic E-state index is 0.322. The molecule has 0 saturated carbocycles. The van der Waals surface area contributed by atoms with Crippen LogP contribution in [0.1, 0.15) is 24.1 Å². The number of aromatic nitrogens is 2. The maximum atomic E-state index is 5.75. The zero-order valence-corrected chi connectivity index (χ0v) is 8.82. The molecule has 1 aromatic heterocycles. The van der Waals surface area contributed by atoms with Gasteiger partial charge in [-0.3, -0.25) is 0 Å². The molecule has 0 aromatic carbocycles. The number of hydrogen-bond acceptors (Lipinski definition) is 4. The molecule has 0 amide bonds. The van der Waals surface area contributed by atoms with E-state index in [1.807, 2.05) is 0 Å². The molecule has 1 aromatic rings. The van der Waals surface area contributed by atoms with Crippen LogP contribution in [0.4, 0.5) is 5.82 Å². The van der Waals surface area contributed by atoms with Crippen LogP contribution in [0.5, 0.6) is 0 Å². The summed E-state index contributed by atoms with van der Waals surface area (Å²) in [5.41, 5.74) is 8.35. The average Bonchev–Trinajstić information content (AvgIpc) is 2.24. The number of nitrogens with zero attached hydrogens (tertiary/aromatic N) is 3. The van der Waals surface area contributed by atoms with Crippen LogP contribution in [-0.4, -0.2) is 29.3 Å². The Morgan fingerprint density at radius 2 is 2.00 bits per heavy atom. The normalized spacial score (nSPS) is 21.0. The Morgan fingerprint density at radius 1 is 1.20 bits per heavy atom. The third-order valence-corrected chi connectivity index (χ3v) is 3.29. The molecule has 3 rings (SSSR count). The van der Waals surface area contributed by atoms with E-state index in [1.54, 1.807) is 0 Å². The molecule has 1 aliphatic carbocycles. The van der Waals surface area contributed by atoms with Gasteiger partial charge in [0.15, 0.2) is 5.82 Å². The van der Waals surface area contributed by atoms with Crippen LogP contribution in [-0.2, 0) is 12.8 Å². The predicted octanol–water partition coefficient (Wildman–Crippen LogP) is 0.503. The highest BCUT2D eigenvalue weighted by Crippen LogP contribution is 2.24. The first kappa shape index (κ1) is 9.09. The Kier molecular flexibility index (Phi) is 2.09. The molecule has 1 aliphatic heterocycles. The van der Waals surface area contributed by atoms with E-state index in [0.29, 0.717) is 6.04 Å². The summed E-state index contributed by atoms with van der Waals surface area (Å²) in [5.74, 6) is 1.01. The summed E-state index contributed by atoms with van der Waals surface area (Å²) in [6.45, 7) is 1.85. The lowest BCUT2D eigenvalue weighted by Gasteiger charge is -2.37. The minimum atomic E-state index is 0.322. The van der Waals surface area contributed by atoms with Crippen LogP contribution in [0.15, 0.2) is 6.07 Å². The first-order chi connectivity index (χ1) is 7.33. The lowest BCUT2D eigenvalue weighted by molar-refractivity contribution is 0.510. The van der Waals surface area contributed by atoms with Crippen LogP contribution in [0.2, 0.25) is 0 Å². The predicted molar refractivity (Wildman–Crippen MR) is 58.9 cm³/mol. The summed E-state index contributed by atoms with van der Waals surface area (Å²) in [6, 6.07) is 2.52. The van der Waals surface area contributed by atoms with E-state index in [4.69, 9.17) is 5.73 Å². The summed E-state index contributed by atoms with van der Waals surface area (Å²) in [7, 11) is 0. The number of fused-ring (bicyclic) bond motifs is 1. The van der Waals surface area contributed by atoms with Gasteiger partial charge in [-0.1, -0.05) is 0 Å². The van der Waals surface area contributed by atoms with Gasteiger partial charge in [-0.2, -0.15) is 5.10 Å². The second kappa shape index (κ2) is 3.45. The number of hydrogen-bond donors (Lipinski definition) is 1. The van der Waals surface area contributed by atoms with Crippen molar-refractivity contribution in [3.63, 3.8) is 0 Å². The smallest absolute Gasteiger partial charge is 0.151 e. The molecule has 0 spiro atoms. The lowest BCUT2D eigenvalue weighted by atomic mass is 9.96. The third kappa shape index (κ3) is 1.59. The van der Waals surface area contributed by atoms with Gasteiger partial charge in [0.25, 0.3) is 0 Å². The van der Waals surface area contributed by atoms with Gasteiger partial charge >= 0.3 is 0 Å². The topological polar surface area (TPSA) is 55.0 Å². The maximum absolute atomic E-state index is 5.75. The highest BCUT2D eigenvalue weighted by molar-refractivity contribution is 5.45. The maximum Gasteiger partial charge on any atom is 0.151 e. The van der Waals surface area contributed by atoms with E-state index in [1.165, 1.54) is 24.1 Å². The Balaban J connectivity index is 1.85. The first-order valence-corrected chi connectivity index (χ1v) is 5.69. The van der Waals surface area contributed by atoms with Crippen molar-refractivity contribution in [1.82, 2.24) is 10.2 Å². The molecule has 0 unspecified atom stereocenters. The van der Waals surface area contributed by atoms with Crippen LogP contribution in [0.3, 0.4) is 0 Å². The van der Waals surface area contributed by atoms with E-state index in [2.05, 4.69) is 21.2 Å². The van der Waals surface area contributed by atoms with E-state index in [0.717, 1.165) is 31.7 Å². The molecule has 2 heterocycles. The van der Waals surface area contributed by atoms with Crippen LogP contribution in [0, 0.1) is 0 Å². The molecule has 2 aliphatic rings. The van der Waals surface area contributed by atoms with Gasteiger partial charge in [-0.05, 0) is 37.3 Å². The summed E-state index contributed by atoms with van der Waals surface area (Å²) < 4.78 is 0. The van der Waals surface area contributed by atoms with E-state index in [-0.39, 0.29) is 0 Å². The average molecular weight is 204 g/mol. The van der Waals surface area contributed by atoms with Crippen molar-refractivity contribution in [2.24, 2.45) is 5.73 Å². The quantitative estimate of drug-likeness (QED) is 0.724. The highest BCUT2D eigenvalue weighted by Gasteiger charge is 2.25. The molecule has 0 atom stereocenters. The molecule has 1 fully saturated rings. The van der Waals surface area contributed by atoms with Crippen molar-refractivity contribution in [3.8, 4) is 0 Å². The van der Waals surface area contributed by atoms with Crippen molar-refractivity contribution in [3.05, 3.63) is 17.3 Å². The van der Waals surface area contributed by atoms with Gasteiger partial charge in [-0.15, -0.1) is 5.10 Å². The van der Waals surface area contributed by atoms with Gasteiger partial charge in [0.1, 0.15) is 0 Å². The summed E-state index contributed by atoms with van der Waals surface area (Å²) in [6.07, 6.45) is 4.81. The Morgan fingerprint density at radius 3 is 2.80 bits per heavy atom. The molecule has 2 N–H and O–H groups in total. The van der Waals surface area contributed by atoms with Gasteiger partial charge < -0.3 is 10.6 Å². The van der Waals surface area contributed by atoms with E-state index < -0.39 is 0 Å². The Labute approximate surface area is 89.5 Å². The SMILES string of the molecule is NC1CN(c2cc3c(nn2)CCCC3)C1. The van der Waals surface area contributed by atoms with Crippen LogP contribution in [0.25, 0.3) is 0 Å². The zero-order valence-electron chi connectivity index (χ0n) is 8.82. The Hall–Kier alpha value is -1.16. The fourth-order valence-electron chi connectivity index (χ4n) is 2.33. The summed E-state index contributed by atoms with van der Waals surface area (Å²) in [4.78, 5) is 2.20. The van der Waals surface area contributed by atoms with Gasteiger partial charge in [0.05, 0.1) is 5.69 Å². The minimum Gasteiger partial charge on any atom is -0.352 e. The van der Waals surface area contributed by atoms with Gasteiger partial charge in [0, 0.05) is 19.1 Å². The number of aryl methyl sites for hydroxylation is 2. The largest absolute Gasteiger partial charge is 0.352 e. The van der Waals surface area contributed by atoms with Gasteiger partial charge in [-0.25, -0.2) is 0 Å². The van der Waals surface area contributed by atoms with E-state index >= 15 is 0 Å². The molecule has 1 saturated heterocycles. The summed E-state index contributed by atoms with van der Waals surface area (Å²) in [5, 5.41) is 8.58. The standard InChI is InChI=1S/C11H16N4/c12-9-6-15(7-9)11-5-8-3-1-2-4-10(8)13-14-11/h5,9H,1-4,6-7,12H2.